The van der Waals surface area contributed by atoms with Crippen molar-refractivity contribution in [3.8, 4) is 5.69 Å². The zero-order chi connectivity index (χ0) is 18.8. The lowest BCUT2D eigenvalue weighted by atomic mass is 10.2. The summed E-state index contributed by atoms with van der Waals surface area (Å²) in [6.07, 6.45) is 1.69. The van der Waals surface area contributed by atoms with Crippen LogP contribution in [0.5, 0.6) is 0 Å². The predicted octanol–water partition coefficient (Wildman–Crippen LogP) is 3.19. The number of hydrogen-bond acceptors (Lipinski definition) is 4. The van der Waals surface area contributed by atoms with E-state index in [0.717, 1.165) is 29.5 Å². The number of carbonyl (C=O) groups is 1. The van der Waals surface area contributed by atoms with Crippen molar-refractivity contribution < 1.29 is 4.79 Å². The predicted molar refractivity (Wildman–Crippen MR) is 106 cm³/mol. The minimum absolute atomic E-state index is 0.0842. The van der Waals surface area contributed by atoms with Gasteiger partial charge in [-0.25, -0.2) is 4.68 Å². The second-order valence-electron chi connectivity index (χ2n) is 6.64. The minimum atomic E-state index is -0.0842. The maximum absolute atomic E-state index is 12.8. The highest BCUT2D eigenvalue weighted by Crippen LogP contribution is 2.21. The number of amides is 1. The number of nitrogens with zero attached hydrogens (tertiary/aromatic N) is 5. The van der Waals surface area contributed by atoms with E-state index < -0.39 is 0 Å². The zero-order valence-corrected chi connectivity index (χ0v) is 15.8. The van der Waals surface area contributed by atoms with Crippen molar-refractivity contribution in [3.63, 3.8) is 0 Å². The fourth-order valence-electron chi connectivity index (χ4n) is 3.19. The summed E-state index contributed by atoms with van der Waals surface area (Å²) >= 11 is 6.08. The first kappa shape index (κ1) is 17.5. The van der Waals surface area contributed by atoms with Crippen LogP contribution in [0.3, 0.4) is 0 Å². The number of piperazine rings is 1. The SMILES string of the molecule is Cc1ccc(-n2cc(C(=O)N3CCN(c4cccc(Cl)c4)CC3)nn2)cc1. The van der Waals surface area contributed by atoms with Gasteiger partial charge in [0.05, 0.1) is 11.9 Å². The van der Waals surface area contributed by atoms with Gasteiger partial charge in [0.2, 0.25) is 0 Å². The molecule has 1 aliphatic rings. The molecule has 27 heavy (non-hydrogen) atoms. The number of hydrogen-bond donors (Lipinski definition) is 0. The number of carbonyl (C=O) groups excluding carboxylic acids is 1. The molecule has 1 fully saturated rings. The van der Waals surface area contributed by atoms with Crippen LogP contribution in [0, 0.1) is 6.92 Å². The van der Waals surface area contributed by atoms with Crippen molar-refractivity contribution in [3.05, 3.63) is 71.0 Å². The highest BCUT2D eigenvalue weighted by atomic mass is 35.5. The van der Waals surface area contributed by atoms with E-state index in [1.165, 1.54) is 5.56 Å². The third-order valence-corrected chi connectivity index (χ3v) is 4.99. The van der Waals surface area contributed by atoms with Gasteiger partial charge in [-0.05, 0) is 37.3 Å². The van der Waals surface area contributed by atoms with Gasteiger partial charge in [0.15, 0.2) is 5.69 Å². The Bertz CT molecular complexity index is 945. The number of aromatic nitrogens is 3. The van der Waals surface area contributed by atoms with Crippen molar-refractivity contribution in [1.29, 1.82) is 0 Å². The molecule has 1 saturated heterocycles. The first-order valence-corrected chi connectivity index (χ1v) is 9.27. The Labute approximate surface area is 163 Å². The van der Waals surface area contributed by atoms with Gasteiger partial charge < -0.3 is 9.80 Å². The summed E-state index contributed by atoms with van der Waals surface area (Å²) in [5.74, 6) is -0.0842. The fraction of sp³-hybridized carbons (Fsp3) is 0.250. The van der Waals surface area contributed by atoms with Gasteiger partial charge in [0.25, 0.3) is 5.91 Å². The van der Waals surface area contributed by atoms with Crippen molar-refractivity contribution >= 4 is 23.2 Å². The van der Waals surface area contributed by atoms with Gasteiger partial charge >= 0.3 is 0 Å². The molecule has 0 N–H and O–H groups in total. The van der Waals surface area contributed by atoms with E-state index in [1.54, 1.807) is 10.9 Å². The molecule has 3 aromatic rings. The van der Waals surface area contributed by atoms with Gasteiger partial charge in [-0.1, -0.05) is 40.6 Å². The van der Waals surface area contributed by atoms with E-state index in [1.807, 2.05) is 60.4 Å². The molecule has 138 valence electrons. The molecule has 1 amide bonds. The van der Waals surface area contributed by atoms with Crippen LogP contribution in [-0.2, 0) is 0 Å². The Hall–Kier alpha value is -2.86. The summed E-state index contributed by atoms with van der Waals surface area (Å²) in [4.78, 5) is 16.8. The Balaban J connectivity index is 1.42. The summed E-state index contributed by atoms with van der Waals surface area (Å²) in [6, 6.07) is 15.7. The van der Waals surface area contributed by atoms with Gasteiger partial charge in [0.1, 0.15) is 0 Å². The van der Waals surface area contributed by atoms with E-state index in [2.05, 4.69) is 15.2 Å². The topological polar surface area (TPSA) is 54.3 Å². The van der Waals surface area contributed by atoms with Gasteiger partial charge in [0, 0.05) is 36.9 Å². The smallest absolute Gasteiger partial charge is 0.276 e. The van der Waals surface area contributed by atoms with Crippen molar-refractivity contribution in [2.45, 2.75) is 6.92 Å². The van der Waals surface area contributed by atoms with E-state index in [0.29, 0.717) is 18.8 Å². The van der Waals surface area contributed by atoms with E-state index in [-0.39, 0.29) is 5.91 Å². The van der Waals surface area contributed by atoms with Gasteiger partial charge in [-0.15, -0.1) is 5.10 Å². The molecule has 0 spiro atoms. The monoisotopic (exact) mass is 381 g/mol. The summed E-state index contributed by atoms with van der Waals surface area (Å²) in [5, 5.41) is 8.89. The normalized spacial score (nSPS) is 14.4. The fourth-order valence-corrected chi connectivity index (χ4v) is 3.37. The van der Waals surface area contributed by atoms with Crippen LogP contribution in [-0.4, -0.2) is 52.0 Å². The molecule has 2 aromatic carbocycles. The zero-order valence-electron chi connectivity index (χ0n) is 15.0. The molecule has 4 rings (SSSR count). The first-order chi connectivity index (χ1) is 13.1. The largest absolute Gasteiger partial charge is 0.368 e. The molecular formula is C20H20ClN5O. The maximum atomic E-state index is 12.8. The second-order valence-corrected chi connectivity index (χ2v) is 7.08. The molecule has 0 aliphatic carbocycles. The molecule has 2 heterocycles. The lowest BCUT2D eigenvalue weighted by Crippen LogP contribution is -2.48. The lowest BCUT2D eigenvalue weighted by molar-refractivity contribution is 0.0741. The molecule has 6 nitrogen and oxygen atoms in total. The molecule has 0 radical (unpaired) electrons. The van der Waals surface area contributed by atoms with Crippen LogP contribution in [0.2, 0.25) is 5.02 Å². The summed E-state index contributed by atoms with van der Waals surface area (Å²) in [7, 11) is 0. The van der Waals surface area contributed by atoms with Crippen LogP contribution in [0.1, 0.15) is 16.1 Å². The molecular weight excluding hydrogens is 362 g/mol. The lowest BCUT2D eigenvalue weighted by Gasteiger charge is -2.35. The Kier molecular flexibility index (Phi) is 4.81. The number of rotatable bonds is 3. The van der Waals surface area contributed by atoms with Gasteiger partial charge in [-0.2, -0.15) is 0 Å². The van der Waals surface area contributed by atoms with E-state index in [9.17, 15) is 4.79 Å². The molecule has 1 aromatic heterocycles. The summed E-state index contributed by atoms with van der Waals surface area (Å²) in [5.41, 5.74) is 3.51. The van der Waals surface area contributed by atoms with Crippen LogP contribution in [0.25, 0.3) is 5.69 Å². The number of anilines is 1. The minimum Gasteiger partial charge on any atom is -0.368 e. The summed E-state index contributed by atoms with van der Waals surface area (Å²) < 4.78 is 1.63. The second kappa shape index (κ2) is 7.40. The Morgan fingerprint density at radius 3 is 2.44 bits per heavy atom. The summed E-state index contributed by atoms with van der Waals surface area (Å²) in [6.45, 7) is 4.84. The first-order valence-electron chi connectivity index (χ1n) is 8.89. The van der Waals surface area contributed by atoms with Crippen LogP contribution in [0.4, 0.5) is 5.69 Å². The molecule has 0 atom stereocenters. The van der Waals surface area contributed by atoms with Crippen LogP contribution in [0.15, 0.2) is 54.7 Å². The third-order valence-electron chi connectivity index (χ3n) is 4.75. The quantitative estimate of drug-likeness (QED) is 0.699. The average Bonchev–Trinajstić information content (AvgIpc) is 3.18. The average molecular weight is 382 g/mol. The standard InChI is InChI=1S/C20H20ClN5O/c1-15-5-7-17(8-6-15)26-14-19(22-23-26)20(27)25-11-9-24(10-12-25)18-4-2-3-16(21)13-18/h2-8,13-14H,9-12H2,1H3. The Morgan fingerprint density at radius 2 is 1.74 bits per heavy atom. The molecule has 0 unspecified atom stereocenters. The van der Waals surface area contributed by atoms with E-state index >= 15 is 0 Å². The van der Waals surface area contributed by atoms with Crippen molar-refractivity contribution in [2.24, 2.45) is 0 Å². The number of aryl methyl sites for hydroxylation is 1. The maximum Gasteiger partial charge on any atom is 0.276 e. The number of halogens is 1. The molecule has 1 aliphatic heterocycles. The molecule has 0 saturated carbocycles. The number of benzene rings is 2. The van der Waals surface area contributed by atoms with Crippen LogP contribution < -0.4 is 4.90 Å². The van der Waals surface area contributed by atoms with Crippen LogP contribution >= 0.6 is 11.6 Å². The highest BCUT2D eigenvalue weighted by molar-refractivity contribution is 6.30. The third kappa shape index (κ3) is 3.80. The van der Waals surface area contributed by atoms with E-state index in [4.69, 9.17) is 11.6 Å². The van der Waals surface area contributed by atoms with Crippen molar-refractivity contribution in [2.75, 3.05) is 31.1 Å². The van der Waals surface area contributed by atoms with Crippen molar-refractivity contribution in [1.82, 2.24) is 19.9 Å². The highest BCUT2D eigenvalue weighted by Gasteiger charge is 2.24. The van der Waals surface area contributed by atoms with Gasteiger partial charge in [-0.3, -0.25) is 4.79 Å². The molecule has 7 heteroatoms. The Morgan fingerprint density at radius 1 is 1.00 bits per heavy atom. The molecule has 0 bridgehead atoms.